The minimum absolute atomic E-state index is 0.121. The highest BCUT2D eigenvalue weighted by Gasteiger charge is 2.01. The van der Waals surface area contributed by atoms with Gasteiger partial charge in [0.15, 0.2) is 0 Å². The lowest BCUT2D eigenvalue weighted by Gasteiger charge is -2.07. The third kappa shape index (κ3) is 4.26. The second-order valence-electron chi connectivity index (χ2n) is 4.93. The van der Waals surface area contributed by atoms with E-state index in [1.165, 1.54) is 0 Å². The van der Waals surface area contributed by atoms with Crippen LogP contribution in [0, 0.1) is 0 Å². The zero-order chi connectivity index (χ0) is 16.6. The van der Waals surface area contributed by atoms with E-state index in [1.54, 1.807) is 41.6 Å². The van der Waals surface area contributed by atoms with E-state index in [4.69, 9.17) is 0 Å². The van der Waals surface area contributed by atoms with E-state index in [0.717, 1.165) is 16.9 Å². The van der Waals surface area contributed by atoms with Crippen LogP contribution in [0.1, 0.15) is 5.56 Å². The summed E-state index contributed by atoms with van der Waals surface area (Å²) < 4.78 is 1.75. The van der Waals surface area contributed by atoms with Crippen LogP contribution in [-0.4, -0.2) is 33.4 Å². The van der Waals surface area contributed by atoms with E-state index in [-0.39, 0.29) is 12.5 Å². The lowest BCUT2D eigenvalue weighted by atomic mass is 10.3. The molecule has 0 fully saturated rings. The van der Waals surface area contributed by atoms with Gasteiger partial charge >= 0.3 is 0 Å². The van der Waals surface area contributed by atoms with Gasteiger partial charge in [0.2, 0.25) is 0 Å². The van der Waals surface area contributed by atoms with Crippen LogP contribution in [0.25, 0.3) is 5.69 Å². The molecule has 2 N–H and O–H groups in total. The van der Waals surface area contributed by atoms with Crippen molar-refractivity contribution >= 4 is 17.8 Å². The first-order chi connectivity index (χ1) is 11.8. The van der Waals surface area contributed by atoms with Gasteiger partial charge in [-0.25, -0.2) is 10.1 Å². The van der Waals surface area contributed by atoms with Gasteiger partial charge in [-0.1, -0.05) is 6.07 Å². The van der Waals surface area contributed by atoms with Crippen molar-refractivity contribution in [3.63, 3.8) is 0 Å². The average molecular weight is 320 g/mol. The van der Waals surface area contributed by atoms with Crippen LogP contribution in [0.4, 0.5) is 5.69 Å². The van der Waals surface area contributed by atoms with E-state index in [1.807, 2.05) is 36.5 Å². The van der Waals surface area contributed by atoms with Crippen molar-refractivity contribution in [3.05, 3.63) is 72.8 Å². The minimum atomic E-state index is -0.232. The number of benzene rings is 1. The number of carbonyl (C=O) groups is 1. The fourth-order valence-corrected chi connectivity index (χ4v) is 2.03. The molecule has 1 amide bonds. The van der Waals surface area contributed by atoms with Gasteiger partial charge in [-0.05, 0) is 42.0 Å². The summed E-state index contributed by atoms with van der Waals surface area (Å²) in [5.74, 6) is -0.232. The molecule has 0 aliphatic rings. The molecule has 0 spiro atoms. The Morgan fingerprint density at radius 1 is 1.17 bits per heavy atom. The number of pyridine rings is 1. The van der Waals surface area contributed by atoms with Crippen LogP contribution in [0.2, 0.25) is 0 Å². The van der Waals surface area contributed by atoms with Gasteiger partial charge in [-0.2, -0.15) is 10.2 Å². The van der Waals surface area contributed by atoms with Crippen molar-refractivity contribution in [2.75, 3.05) is 11.9 Å². The van der Waals surface area contributed by atoms with E-state index < -0.39 is 0 Å². The van der Waals surface area contributed by atoms with Gasteiger partial charge in [0.25, 0.3) is 5.91 Å². The number of amides is 1. The summed E-state index contributed by atoms with van der Waals surface area (Å²) >= 11 is 0. The standard InChI is InChI=1S/C17H16N6O/c24-17(22-20-12-14-5-8-18-9-6-14)13-19-15-3-1-4-16(11-15)23-10-2-7-21-23/h1-12,19H,13H2,(H,22,24). The van der Waals surface area contributed by atoms with Crippen LogP contribution in [0.3, 0.4) is 0 Å². The molecule has 2 heterocycles. The number of nitrogens with one attached hydrogen (secondary N) is 2. The molecule has 3 aromatic rings. The zero-order valence-electron chi connectivity index (χ0n) is 12.8. The second kappa shape index (κ2) is 7.68. The summed E-state index contributed by atoms with van der Waals surface area (Å²) in [6, 6.07) is 13.1. The molecule has 1 aromatic carbocycles. The lowest BCUT2D eigenvalue weighted by Crippen LogP contribution is -2.25. The molecule has 0 unspecified atom stereocenters. The van der Waals surface area contributed by atoms with E-state index in [2.05, 4.69) is 25.9 Å². The predicted molar refractivity (Wildman–Crippen MR) is 92.0 cm³/mol. The van der Waals surface area contributed by atoms with Crippen molar-refractivity contribution in [2.45, 2.75) is 0 Å². The molecule has 120 valence electrons. The lowest BCUT2D eigenvalue weighted by molar-refractivity contribution is -0.119. The molecule has 0 bridgehead atoms. The SMILES string of the molecule is O=C(CNc1cccc(-n2cccn2)c1)NN=Cc1ccncc1. The minimum Gasteiger partial charge on any atom is -0.376 e. The highest BCUT2D eigenvalue weighted by atomic mass is 16.2. The van der Waals surface area contributed by atoms with E-state index in [9.17, 15) is 4.79 Å². The number of hydrogen-bond donors (Lipinski definition) is 2. The Morgan fingerprint density at radius 3 is 2.83 bits per heavy atom. The zero-order valence-corrected chi connectivity index (χ0v) is 12.8. The molecular formula is C17H16N6O. The first-order valence-electron chi connectivity index (χ1n) is 7.37. The van der Waals surface area contributed by atoms with E-state index >= 15 is 0 Å². The summed E-state index contributed by atoms with van der Waals surface area (Å²) in [5, 5.41) is 11.1. The molecule has 3 rings (SSSR count). The molecule has 0 saturated carbocycles. The predicted octanol–water partition coefficient (Wildman–Crippen LogP) is 1.83. The highest BCUT2D eigenvalue weighted by Crippen LogP contribution is 2.13. The van der Waals surface area contributed by atoms with Gasteiger partial charge in [0.05, 0.1) is 18.4 Å². The molecular weight excluding hydrogens is 304 g/mol. The Hall–Kier alpha value is -3.48. The fraction of sp³-hybridized carbons (Fsp3) is 0.0588. The summed E-state index contributed by atoms with van der Waals surface area (Å²) in [4.78, 5) is 15.7. The average Bonchev–Trinajstić information content (AvgIpc) is 3.16. The summed E-state index contributed by atoms with van der Waals surface area (Å²) in [6.07, 6.45) is 8.47. The van der Waals surface area contributed by atoms with Crippen molar-refractivity contribution in [1.29, 1.82) is 0 Å². The summed E-state index contributed by atoms with van der Waals surface area (Å²) in [7, 11) is 0. The smallest absolute Gasteiger partial charge is 0.259 e. The largest absolute Gasteiger partial charge is 0.376 e. The van der Waals surface area contributed by atoms with Crippen LogP contribution in [-0.2, 0) is 4.79 Å². The number of aromatic nitrogens is 3. The third-order valence-corrected chi connectivity index (χ3v) is 3.18. The number of carbonyl (C=O) groups excluding carboxylic acids is 1. The molecule has 24 heavy (non-hydrogen) atoms. The molecule has 7 heteroatoms. The Morgan fingerprint density at radius 2 is 2.04 bits per heavy atom. The number of nitrogens with zero attached hydrogens (tertiary/aromatic N) is 4. The maximum absolute atomic E-state index is 11.8. The number of anilines is 1. The van der Waals surface area contributed by atoms with Gasteiger partial charge in [-0.3, -0.25) is 9.78 Å². The summed E-state index contributed by atoms with van der Waals surface area (Å²) in [5.41, 5.74) is 5.09. The third-order valence-electron chi connectivity index (χ3n) is 3.18. The highest BCUT2D eigenvalue weighted by molar-refractivity contribution is 5.84. The van der Waals surface area contributed by atoms with E-state index in [0.29, 0.717) is 0 Å². The number of rotatable bonds is 6. The Kier molecular flexibility index (Phi) is 4.94. The van der Waals surface area contributed by atoms with Gasteiger partial charge in [0.1, 0.15) is 0 Å². The number of hydrogen-bond acceptors (Lipinski definition) is 5. The normalized spacial score (nSPS) is 10.7. The molecule has 0 aliphatic heterocycles. The molecule has 0 radical (unpaired) electrons. The molecule has 0 atom stereocenters. The maximum Gasteiger partial charge on any atom is 0.259 e. The Bertz CT molecular complexity index is 814. The second-order valence-corrected chi connectivity index (χ2v) is 4.93. The van der Waals surface area contributed by atoms with Gasteiger partial charge < -0.3 is 5.32 Å². The first kappa shape index (κ1) is 15.4. The van der Waals surface area contributed by atoms with Gasteiger partial charge in [0, 0.05) is 30.5 Å². The van der Waals surface area contributed by atoms with Crippen LogP contribution in [0.5, 0.6) is 0 Å². The van der Waals surface area contributed by atoms with Crippen molar-refractivity contribution in [1.82, 2.24) is 20.2 Å². The fourth-order valence-electron chi connectivity index (χ4n) is 2.03. The van der Waals surface area contributed by atoms with Crippen molar-refractivity contribution in [3.8, 4) is 5.69 Å². The Labute approximate surface area is 139 Å². The quantitative estimate of drug-likeness (QED) is 0.536. The van der Waals surface area contributed by atoms with Crippen LogP contribution < -0.4 is 10.7 Å². The molecule has 2 aromatic heterocycles. The first-order valence-corrected chi connectivity index (χ1v) is 7.37. The maximum atomic E-state index is 11.8. The van der Waals surface area contributed by atoms with Crippen molar-refractivity contribution < 1.29 is 4.79 Å². The molecule has 0 aliphatic carbocycles. The van der Waals surface area contributed by atoms with Crippen LogP contribution in [0.15, 0.2) is 72.4 Å². The topological polar surface area (TPSA) is 84.2 Å². The summed E-state index contributed by atoms with van der Waals surface area (Å²) in [6.45, 7) is 0.121. The van der Waals surface area contributed by atoms with Crippen LogP contribution >= 0.6 is 0 Å². The Balaban J connectivity index is 1.51. The van der Waals surface area contributed by atoms with Gasteiger partial charge in [-0.15, -0.1) is 0 Å². The monoisotopic (exact) mass is 320 g/mol. The number of hydrazone groups is 1. The molecule has 7 nitrogen and oxygen atoms in total. The van der Waals surface area contributed by atoms with Crippen molar-refractivity contribution in [2.24, 2.45) is 5.10 Å². The molecule has 0 saturated heterocycles.